The molecule has 0 atom stereocenters. The van der Waals surface area contributed by atoms with Crippen molar-refractivity contribution in [3.8, 4) is 5.75 Å². The van der Waals surface area contributed by atoms with Crippen LogP contribution in [0.4, 0.5) is 5.69 Å². The Labute approximate surface area is 152 Å². The second kappa shape index (κ2) is 8.71. The maximum absolute atomic E-state index is 12.3. The van der Waals surface area contributed by atoms with Gasteiger partial charge in [-0.3, -0.25) is 0 Å². The third-order valence-corrected chi connectivity index (χ3v) is 3.49. The van der Waals surface area contributed by atoms with E-state index in [2.05, 4.69) is 6.58 Å². The number of carbonyl (C=O) groups is 2. The number of esters is 2. The fourth-order valence-electron chi connectivity index (χ4n) is 2.28. The van der Waals surface area contributed by atoms with E-state index in [0.29, 0.717) is 18.0 Å². The van der Waals surface area contributed by atoms with E-state index in [4.69, 9.17) is 14.2 Å². The number of benzene rings is 1. The van der Waals surface area contributed by atoms with Gasteiger partial charge in [0.2, 0.25) is 0 Å². The molecular weight excluding hydrogens is 334 g/mol. The molecule has 0 saturated carbocycles. The summed E-state index contributed by atoms with van der Waals surface area (Å²) in [5, 5.41) is 0. The number of hydrogen-bond donors (Lipinski definition) is 0. The van der Waals surface area contributed by atoms with Gasteiger partial charge in [0.25, 0.3) is 0 Å². The molecule has 1 aliphatic rings. The highest BCUT2D eigenvalue weighted by Gasteiger charge is 2.27. The van der Waals surface area contributed by atoms with Crippen molar-refractivity contribution in [3.63, 3.8) is 0 Å². The molecule has 0 bridgehead atoms. The zero-order valence-electron chi connectivity index (χ0n) is 15.0. The van der Waals surface area contributed by atoms with Gasteiger partial charge in [-0.25, -0.2) is 9.59 Å². The molecule has 26 heavy (non-hydrogen) atoms. The smallest absolute Gasteiger partial charge is 0.355 e. The summed E-state index contributed by atoms with van der Waals surface area (Å²) in [6.07, 6.45) is 6.55. The Bertz CT molecular complexity index is 787. The molecule has 1 aromatic rings. The zero-order chi connectivity index (χ0) is 19.1. The van der Waals surface area contributed by atoms with Crippen LogP contribution in [0.2, 0.25) is 0 Å². The lowest BCUT2D eigenvalue weighted by atomic mass is 10.1. The molecule has 0 radical (unpaired) electrons. The number of anilines is 1. The van der Waals surface area contributed by atoms with E-state index in [-0.39, 0.29) is 11.3 Å². The fraction of sp³-hybridized carbons (Fsp3) is 0.200. The number of rotatable bonds is 6. The number of hydrogen-bond acceptors (Lipinski definition) is 6. The normalized spacial score (nSPS) is 13.3. The summed E-state index contributed by atoms with van der Waals surface area (Å²) in [5.74, 6) is -0.605. The second-order valence-electron chi connectivity index (χ2n) is 5.56. The Kier molecular flexibility index (Phi) is 6.38. The summed E-state index contributed by atoms with van der Waals surface area (Å²) in [5.41, 5.74) is 1.75. The van der Waals surface area contributed by atoms with Gasteiger partial charge in [0.1, 0.15) is 18.1 Å². The Hall–Kier alpha value is -3.28. The predicted molar refractivity (Wildman–Crippen MR) is 98.6 cm³/mol. The van der Waals surface area contributed by atoms with E-state index in [9.17, 15) is 9.59 Å². The molecule has 0 fully saturated rings. The molecule has 0 aromatic heterocycles. The monoisotopic (exact) mass is 355 g/mol. The standard InChI is InChI=1S/C20H21NO5/c1-14(2)13-26-16-10-8-15(9-11-16)21-12-6-5-7-17(19(22)24-3)18(21)20(23)25-4/h5-12H,1,13H2,2-4H3. The van der Waals surface area contributed by atoms with Crippen molar-refractivity contribution in [1.29, 1.82) is 0 Å². The van der Waals surface area contributed by atoms with Crippen LogP contribution in [0.3, 0.4) is 0 Å². The lowest BCUT2D eigenvalue weighted by Crippen LogP contribution is -2.26. The molecule has 6 nitrogen and oxygen atoms in total. The van der Waals surface area contributed by atoms with Crippen molar-refractivity contribution in [2.24, 2.45) is 0 Å². The average Bonchev–Trinajstić information content (AvgIpc) is 2.88. The van der Waals surface area contributed by atoms with Gasteiger partial charge in [-0.05, 0) is 48.9 Å². The lowest BCUT2D eigenvalue weighted by molar-refractivity contribution is -0.139. The van der Waals surface area contributed by atoms with Crippen molar-refractivity contribution >= 4 is 17.6 Å². The van der Waals surface area contributed by atoms with E-state index in [1.807, 2.05) is 6.92 Å². The highest BCUT2D eigenvalue weighted by Crippen LogP contribution is 2.28. The van der Waals surface area contributed by atoms with E-state index >= 15 is 0 Å². The first-order valence-corrected chi connectivity index (χ1v) is 7.90. The summed E-state index contributed by atoms with van der Waals surface area (Å²) in [6, 6.07) is 7.11. The summed E-state index contributed by atoms with van der Waals surface area (Å²) < 4.78 is 15.2. The Balaban J connectivity index is 2.43. The molecule has 1 aliphatic heterocycles. The first-order chi connectivity index (χ1) is 12.5. The Morgan fingerprint density at radius 2 is 1.69 bits per heavy atom. The third-order valence-electron chi connectivity index (χ3n) is 3.49. The van der Waals surface area contributed by atoms with Crippen molar-refractivity contribution in [2.45, 2.75) is 6.92 Å². The molecule has 6 heteroatoms. The number of ether oxygens (including phenoxy) is 3. The number of methoxy groups -OCH3 is 2. The summed E-state index contributed by atoms with van der Waals surface area (Å²) in [4.78, 5) is 26.0. The molecule has 0 saturated heterocycles. The van der Waals surface area contributed by atoms with E-state index in [1.165, 1.54) is 20.3 Å². The van der Waals surface area contributed by atoms with Crippen LogP contribution in [-0.2, 0) is 19.1 Å². The maximum Gasteiger partial charge on any atom is 0.355 e. The Morgan fingerprint density at radius 3 is 2.27 bits per heavy atom. The highest BCUT2D eigenvalue weighted by molar-refractivity contribution is 6.05. The zero-order valence-corrected chi connectivity index (χ0v) is 15.0. The first kappa shape index (κ1) is 19.1. The average molecular weight is 355 g/mol. The van der Waals surface area contributed by atoms with Gasteiger partial charge in [-0.2, -0.15) is 0 Å². The van der Waals surface area contributed by atoms with Gasteiger partial charge in [-0.1, -0.05) is 12.7 Å². The van der Waals surface area contributed by atoms with Gasteiger partial charge in [0.15, 0.2) is 0 Å². The van der Waals surface area contributed by atoms with Crippen molar-refractivity contribution in [1.82, 2.24) is 0 Å². The van der Waals surface area contributed by atoms with Crippen LogP contribution in [0.1, 0.15) is 6.92 Å². The number of allylic oxidation sites excluding steroid dienone is 2. The van der Waals surface area contributed by atoms with Gasteiger partial charge in [0.05, 0.1) is 19.8 Å². The van der Waals surface area contributed by atoms with Crippen LogP contribution in [0.5, 0.6) is 5.75 Å². The van der Waals surface area contributed by atoms with Crippen LogP contribution in [0, 0.1) is 0 Å². The second-order valence-corrected chi connectivity index (χ2v) is 5.56. The third kappa shape index (κ3) is 4.42. The fourth-order valence-corrected chi connectivity index (χ4v) is 2.28. The quantitative estimate of drug-likeness (QED) is 0.577. The molecule has 0 amide bonds. The van der Waals surface area contributed by atoms with E-state index in [1.54, 1.807) is 47.5 Å². The van der Waals surface area contributed by atoms with E-state index in [0.717, 1.165) is 5.57 Å². The van der Waals surface area contributed by atoms with Crippen LogP contribution in [0.15, 0.2) is 72.1 Å². The molecular formula is C20H21NO5. The highest BCUT2D eigenvalue weighted by atomic mass is 16.5. The van der Waals surface area contributed by atoms with Crippen molar-refractivity contribution in [3.05, 3.63) is 72.1 Å². The minimum Gasteiger partial charge on any atom is -0.489 e. The van der Waals surface area contributed by atoms with Crippen LogP contribution >= 0.6 is 0 Å². The molecule has 1 aromatic carbocycles. The number of nitrogens with zero attached hydrogens (tertiary/aromatic N) is 1. The van der Waals surface area contributed by atoms with Crippen LogP contribution < -0.4 is 9.64 Å². The predicted octanol–water partition coefficient (Wildman–Crippen LogP) is 3.13. The summed E-state index contributed by atoms with van der Waals surface area (Å²) >= 11 is 0. The minimum atomic E-state index is -0.649. The topological polar surface area (TPSA) is 65.1 Å². The lowest BCUT2D eigenvalue weighted by Gasteiger charge is -2.23. The molecule has 0 aliphatic carbocycles. The Morgan fingerprint density at radius 1 is 1.04 bits per heavy atom. The molecule has 0 N–H and O–H groups in total. The van der Waals surface area contributed by atoms with Crippen molar-refractivity contribution in [2.75, 3.05) is 25.7 Å². The largest absolute Gasteiger partial charge is 0.489 e. The van der Waals surface area contributed by atoms with Crippen LogP contribution in [0.25, 0.3) is 0 Å². The molecule has 136 valence electrons. The van der Waals surface area contributed by atoms with Gasteiger partial charge in [0, 0.05) is 11.9 Å². The van der Waals surface area contributed by atoms with Gasteiger partial charge >= 0.3 is 11.9 Å². The first-order valence-electron chi connectivity index (χ1n) is 7.90. The summed E-state index contributed by atoms with van der Waals surface area (Å²) in [6.45, 7) is 6.10. The van der Waals surface area contributed by atoms with Crippen LogP contribution in [-0.4, -0.2) is 32.8 Å². The number of carbonyl (C=O) groups excluding carboxylic acids is 2. The van der Waals surface area contributed by atoms with Gasteiger partial charge in [-0.15, -0.1) is 0 Å². The molecule has 0 spiro atoms. The molecule has 0 unspecified atom stereocenters. The van der Waals surface area contributed by atoms with E-state index < -0.39 is 11.9 Å². The van der Waals surface area contributed by atoms with Gasteiger partial charge < -0.3 is 19.1 Å². The SMILES string of the molecule is C=C(C)COc1ccc(N2C=CC=CC(C(=O)OC)=C2C(=O)OC)cc1. The summed E-state index contributed by atoms with van der Waals surface area (Å²) in [7, 11) is 2.52. The minimum absolute atomic E-state index is 0.0694. The molecule has 1 heterocycles. The van der Waals surface area contributed by atoms with Crippen molar-refractivity contribution < 1.29 is 23.8 Å². The maximum atomic E-state index is 12.3. The molecule has 2 rings (SSSR count).